The summed E-state index contributed by atoms with van der Waals surface area (Å²) in [4.78, 5) is 17.3. The van der Waals surface area contributed by atoms with Crippen molar-refractivity contribution in [3.63, 3.8) is 0 Å². The van der Waals surface area contributed by atoms with Crippen molar-refractivity contribution in [2.24, 2.45) is 0 Å². The molecule has 4 aromatic rings. The van der Waals surface area contributed by atoms with Crippen LogP contribution in [0.25, 0.3) is 22.3 Å². The lowest BCUT2D eigenvalue weighted by Crippen LogP contribution is -2.21. The second kappa shape index (κ2) is 11.3. The van der Waals surface area contributed by atoms with E-state index in [1.165, 1.54) is 24.5 Å². The minimum absolute atomic E-state index is 0.278. The molecule has 1 aromatic carbocycles. The second-order valence-corrected chi connectivity index (χ2v) is 7.40. The SMILES string of the molecule is Cc1ccc(C(F)(F)F)nc1.O=CNNc1nncc(-c2ccc(Cl)cc2)c1-c1ccnc(F)c1. The number of amides is 1. The zero-order valence-corrected chi connectivity index (χ0v) is 18.8. The van der Waals surface area contributed by atoms with Crippen LogP contribution >= 0.6 is 11.6 Å². The van der Waals surface area contributed by atoms with E-state index in [0.29, 0.717) is 28.1 Å². The van der Waals surface area contributed by atoms with Crippen molar-refractivity contribution >= 4 is 23.8 Å². The van der Waals surface area contributed by atoms with Gasteiger partial charge in [0.25, 0.3) is 0 Å². The number of aryl methyl sites for hydroxylation is 1. The molecule has 0 aliphatic heterocycles. The molecule has 35 heavy (non-hydrogen) atoms. The third-order valence-corrected chi connectivity index (χ3v) is 4.72. The van der Waals surface area contributed by atoms with Gasteiger partial charge in [-0.15, -0.1) is 5.10 Å². The Kier molecular flexibility index (Phi) is 8.26. The van der Waals surface area contributed by atoms with Gasteiger partial charge in [-0.05, 0) is 47.9 Å². The highest BCUT2D eigenvalue weighted by Crippen LogP contribution is 2.36. The monoisotopic (exact) mass is 504 g/mol. The third-order valence-electron chi connectivity index (χ3n) is 4.47. The zero-order valence-electron chi connectivity index (χ0n) is 18.0. The van der Waals surface area contributed by atoms with Gasteiger partial charge in [0.15, 0.2) is 5.82 Å². The predicted molar refractivity (Wildman–Crippen MR) is 122 cm³/mol. The summed E-state index contributed by atoms with van der Waals surface area (Å²) < 4.78 is 49.1. The van der Waals surface area contributed by atoms with E-state index in [-0.39, 0.29) is 5.82 Å². The van der Waals surface area contributed by atoms with Gasteiger partial charge < -0.3 is 0 Å². The fourth-order valence-electron chi connectivity index (χ4n) is 2.91. The Hall–Kier alpha value is -4.12. The van der Waals surface area contributed by atoms with Gasteiger partial charge in [-0.3, -0.25) is 20.6 Å². The van der Waals surface area contributed by atoms with Crippen LogP contribution in [-0.4, -0.2) is 26.6 Å². The van der Waals surface area contributed by atoms with Crippen molar-refractivity contribution < 1.29 is 22.4 Å². The first kappa shape index (κ1) is 25.5. The number of carbonyl (C=O) groups excluding carboxylic acids is 1. The van der Waals surface area contributed by atoms with Crippen molar-refractivity contribution in [3.05, 3.63) is 89.3 Å². The Morgan fingerprint density at radius 2 is 1.71 bits per heavy atom. The number of hydrogen-bond donors (Lipinski definition) is 2. The van der Waals surface area contributed by atoms with E-state index in [4.69, 9.17) is 11.6 Å². The number of anilines is 1. The zero-order chi connectivity index (χ0) is 25.4. The minimum atomic E-state index is -4.33. The van der Waals surface area contributed by atoms with Crippen LogP contribution in [0.15, 0.2) is 67.1 Å². The average molecular weight is 505 g/mol. The number of pyridine rings is 2. The van der Waals surface area contributed by atoms with Crippen LogP contribution in [0.4, 0.5) is 23.4 Å². The summed E-state index contributed by atoms with van der Waals surface area (Å²) in [6.45, 7) is 1.69. The highest BCUT2D eigenvalue weighted by atomic mass is 35.5. The Morgan fingerprint density at radius 1 is 0.971 bits per heavy atom. The number of benzene rings is 1. The predicted octanol–water partition coefficient (Wildman–Crippen LogP) is 5.48. The summed E-state index contributed by atoms with van der Waals surface area (Å²) >= 11 is 5.93. The van der Waals surface area contributed by atoms with Gasteiger partial charge in [-0.1, -0.05) is 29.8 Å². The number of halogens is 5. The lowest BCUT2D eigenvalue weighted by Gasteiger charge is -2.14. The van der Waals surface area contributed by atoms with Crippen LogP contribution in [0, 0.1) is 12.9 Å². The van der Waals surface area contributed by atoms with Gasteiger partial charge in [0.05, 0.1) is 6.20 Å². The number of hydrazine groups is 1. The maximum atomic E-state index is 13.6. The molecule has 4 rings (SSSR count). The average Bonchev–Trinajstić information content (AvgIpc) is 2.83. The Balaban J connectivity index is 0.000000261. The van der Waals surface area contributed by atoms with Crippen molar-refractivity contribution in [2.75, 3.05) is 5.43 Å². The molecule has 3 heterocycles. The molecule has 2 N–H and O–H groups in total. The van der Waals surface area contributed by atoms with Gasteiger partial charge in [0, 0.05) is 34.6 Å². The van der Waals surface area contributed by atoms with Gasteiger partial charge in [-0.25, -0.2) is 4.98 Å². The normalized spacial score (nSPS) is 10.7. The summed E-state index contributed by atoms with van der Waals surface area (Å²) in [6.07, 6.45) is 0.251. The number of nitrogens with zero attached hydrogens (tertiary/aromatic N) is 4. The van der Waals surface area contributed by atoms with Gasteiger partial charge in [0.1, 0.15) is 5.69 Å². The molecule has 0 aliphatic carbocycles. The van der Waals surface area contributed by atoms with Crippen molar-refractivity contribution in [1.29, 1.82) is 0 Å². The molecular formula is C23H17ClF4N6O. The molecule has 0 aliphatic rings. The van der Waals surface area contributed by atoms with Crippen LogP contribution in [0.2, 0.25) is 5.02 Å². The van der Waals surface area contributed by atoms with Crippen molar-refractivity contribution in [1.82, 2.24) is 25.6 Å². The molecule has 0 radical (unpaired) electrons. The molecule has 0 atom stereocenters. The van der Waals surface area contributed by atoms with E-state index < -0.39 is 17.8 Å². The molecule has 180 valence electrons. The number of aromatic nitrogens is 4. The fraction of sp³-hybridized carbons (Fsp3) is 0.0870. The molecular weight excluding hydrogens is 488 g/mol. The molecule has 0 bridgehead atoms. The molecule has 12 heteroatoms. The van der Waals surface area contributed by atoms with Crippen LogP contribution in [0.5, 0.6) is 0 Å². The smallest absolute Gasteiger partial charge is 0.280 e. The Bertz CT molecular complexity index is 1280. The second-order valence-electron chi connectivity index (χ2n) is 6.96. The number of alkyl halides is 3. The Labute approximate surface area is 202 Å². The maximum Gasteiger partial charge on any atom is 0.433 e. The van der Waals surface area contributed by atoms with E-state index in [1.807, 2.05) is 12.1 Å². The van der Waals surface area contributed by atoms with Crippen molar-refractivity contribution in [3.8, 4) is 22.3 Å². The number of rotatable bonds is 5. The molecule has 0 saturated carbocycles. The fourth-order valence-corrected chi connectivity index (χ4v) is 3.03. The first-order valence-corrected chi connectivity index (χ1v) is 10.3. The molecule has 0 fully saturated rings. The topological polar surface area (TPSA) is 92.7 Å². The first-order valence-electron chi connectivity index (χ1n) is 9.87. The maximum absolute atomic E-state index is 13.6. The quantitative estimate of drug-likeness (QED) is 0.162. The van der Waals surface area contributed by atoms with Crippen LogP contribution in [-0.2, 0) is 11.0 Å². The van der Waals surface area contributed by atoms with Gasteiger partial charge in [0.2, 0.25) is 12.4 Å². The molecule has 0 spiro atoms. The number of carbonyl (C=O) groups is 1. The summed E-state index contributed by atoms with van der Waals surface area (Å²) in [5.74, 6) is -0.346. The standard InChI is InChI=1S/C16H11ClFN5O.C7H6F3N/c17-12-3-1-10(2-4-12)13-8-20-22-16(23-21-9-24)15(13)11-5-6-19-14(18)7-11;1-5-2-3-6(11-4-5)7(8,9)10/h1-9H,(H,21,24)(H,22,23);2-4H,1H3. The lowest BCUT2D eigenvalue weighted by atomic mass is 9.97. The molecule has 0 saturated heterocycles. The van der Waals surface area contributed by atoms with Crippen LogP contribution in [0.3, 0.4) is 0 Å². The molecule has 7 nitrogen and oxygen atoms in total. The van der Waals surface area contributed by atoms with Crippen molar-refractivity contribution in [2.45, 2.75) is 13.1 Å². The number of nitrogens with one attached hydrogen (secondary N) is 2. The highest BCUT2D eigenvalue weighted by molar-refractivity contribution is 6.30. The Morgan fingerprint density at radius 3 is 2.31 bits per heavy atom. The van der Waals surface area contributed by atoms with E-state index in [0.717, 1.165) is 17.2 Å². The highest BCUT2D eigenvalue weighted by Gasteiger charge is 2.31. The molecule has 3 aromatic heterocycles. The lowest BCUT2D eigenvalue weighted by molar-refractivity contribution is -0.141. The van der Waals surface area contributed by atoms with Gasteiger partial charge >= 0.3 is 6.18 Å². The summed E-state index contributed by atoms with van der Waals surface area (Å²) in [7, 11) is 0. The molecule has 0 unspecified atom stereocenters. The van der Waals surface area contributed by atoms with Crippen LogP contribution in [0.1, 0.15) is 11.3 Å². The largest absolute Gasteiger partial charge is 0.433 e. The molecule has 1 amide bonds. The summed E-state index contributed by atoms with van der Waals surface area (Å²) in [5.41, 5.74) is 7.46. The van der Waals surface area contributed by atoms with E-state index in [1.54, 1.807) is 31.3 Å². The van der Waals surface area contributed by atoms with Gasteiger partial charge in [-0.2, -0.15) is 22.7 Å². The van der Waals surface area contributed by atoms with E-state index >= 15 is 0 Å². The first-order chi connectivity index (χ1) is 16.7. The van der Waals surface area contributed by atoms with Crippen LogP contribution < -0.4 is 10.9 Å². The summed E-state index contributed by atoms with van der Waals surface area (Å²) in [6, 6.07) is 12.4. The number of hydrogen-bond acceptors (Lipinski definition) is 6. The minimum Gasteiger partial charge on any atom is -0.280 e. The third kappa shape index (κ3) is 6.93. The van der Waals surface area contributed by atoms with E-state index in [9.17, 15) is 22.4 Å². The summed E-state index contributed by atoms with van der Waals surface area (Å²) in [5, 5.41) is 8.50. The van der Waals surface area contributed by atoms with E-state index in [2.05, 4.69) is 31.0 Å².